The summed E-state index contributed by atoms with van der Waals surface area (Å²) < 4.78 is 5.38. The molecular weight excluding hydrogens is 364 g/mol. The van der Waals surface area contributed by atoms with Crippen molar-refractivity contribution in [3.63, 3.8) is 0 Å². The molecule has 29 heavy (non-hydrogen) atoms. The van der Waals surface area contributed by atoms with Crippen molar-refractivity contribution in [1.82, 2.24) is 15.0 Å². The molecule has 0 fully saturated rings. The van der Waals surface area contributed by atoms with Crippen LogP contribution in [0.25, 0.3) is 22.3 Å². The molecule has 0 amide bonds. The summed E-state index contributed by atoms with van der Waals surface area (Å²) in [6, 6.07) is 15.2. The zero-order valence-electron chi connectivity index (χ0n) is 16.1. The molecule has 0 bridgehead atoms. The molecule has 3 N–H and O–H groups in total. The minimum Gasteiger partial charge on any atom is -0.497 e. The summed E-state index contributed by atoms with van der Waals surface area (Å²) in [7, 11) is 3.35. The third-order valence-corrected chi connectivity index (χ3v) is 4.44. The van der Waals surface area contributed by atoms with E-state index >= 15 is 0 Å². The molecular formula is C22H20N6O. The first-order valence-corrected chi connectivity index (χ1v) is 9.03. The smallest absolute Gasteiger partial charge is 0.163 e. The summed E-state index contributed by atoms with van der Waals surface area (Å²) in [4.78, 5) is 17.7. The number of benzene rings is 2. The lowest BCUT2D eigenvalue weighted by Crippen LogP contribution is -2.01. The van der Waals surface area contributed by atoms with E-state index in [0.29, 0.717) is 17.3 Å². The maximum absolute atomic E-state index is 6.03. The predicted molar refractivity (Wildman–Crippen MR) is 117 cm³/mol. The summed E-state index contributed by atoms with van der Waals surface area (Å²) in [5.41, 5.74) is 10.0. The van der Waals surface area contributed by atoms with Crippen LogP contribution in [-0.2, 0) is 0 Å². The number of nitrogens with zero attached hydrogens (tertiary/aromatic N) is 4. The molecule has 2 heterocycles. The molecule has 0 aliphatic heterocycles. The van der Waals surface area contributed by atoms with E-state index in [0.717, 1.165) is 33.5 Å². The number of nitrogens with two attached hydrogens (primary N) is 1. The van der Waals surface area contributed by atoms with Crippen molar-refractivity contribution in [2.24, 2.45) is 4.99 Å². The second kappa shape index (κ2) is 7.93. The average Bonchev–Trinajstić information content (AvgIpc) is 2.76. The average molecular weight is 384 g/mol. The van der Waals surface area contributed by atoms with Crippen LogP contribution >= 0.6 is 0 Å². The lowest BCUT2D eigenvalue weighted by molar-refractivity contribution is 0.415. The molecule has 4 rings (SSSR count). The van der Waals surface area contributed by atoms with Gasteiger partial charge in [-0.1, -0.05) is 0 Å². The second-order valence-electron chi connectivity index (χ2n) is 6.38. The first kappa shape index (κ1) is 18.4. The molecule has 7 heteroatoms. The first-order chi connectivity index (χ1) is 14.2. The Morgan fingerprint density at radius 2 is 2.00 bits per heavy atom. The van der Waals surface area contributed by atoms with Crippen molar-refractivity contribution in [2.45, 2.75) is 0 Å². The van der Waals surface area contributed by atoms with Gasteiger partial charge >= 0.3 is 0 Å². The molecule has 2 aromatic carbocycles. The normalized spacial score (nSPS) is 11.1. The molecule has 4 aromatic rings. The number of rotatable bonds is 5. The number of fused-ring (bicyclic) bond motifs is 1. The topological polar surface area (TPSA) is 98.3 Å². The minimum atomic E-state index is 0.587. The fourth-order valence-corrected chi connectivity index (χ4v) is 2.99. The number of nitrogen functional groups attached to an aromatic ring is 1. The maximum atomic E-state index is 6.03. The maximum Gasteiger partial charge on any atom is 0.163 e. The Balaban J connectivity index is 1.86. The van der Waals surface area contributed by atoms with Gasteiger partial charge in [-0.05, 0) is 48.5 Å². The number of methoxy groups -OCH3 is 1. The standard InChI is InChI=1S/C22H20N6O/c1-24-12-15-10-16(5-7-19(15)23)26-22-18-11-17(29-2)6-8-20(18)27-21(28-22)14-4-3-9-25-13-14/h3-13H,23H2,1-2H3,(H,26,27,28). The van der Waals surface area contributed by atoms with Gasteiger partial charge in [0.1, 0.15) is 11.6 Å². The molecule has 2 aromatic heterocycles. The first-order valence-electron chi connectivity index (χ1n) is 9.03. The number of anilines is 3. The van der Waals surface area contributed by atoms with Gasteiger partial charge in [-0.2, -0.15) is 0 Å². The van der Waals surface area contributed by atoms with Crippen molar-refractivity contribution >= 4 is 34.3 Å². The Labute approximate surface area is 168 Å². The van der Waals surface area contributed by atoms with E-state index in [9.17, 15) is 0 Å². The van der Waals surface area contributed by atoms with Gasteiger partial charge < -0.3 is 15.8 Å². The van der Waals surface area contributed by atoms with E-state index in [2.05, 4.69) is 15.3 Å². The van der Waals surface area contributed by atoms with Gasteiger partial charge in [-0.15, -0.1) is 0 Å². The Morgan fingerprint density at radius 3 is 2.76 bits per heavy atom. The number of ether oxygens (including phenoxy) is 1. The van der Waals surface area contributed by atoms with E-state index in [4.69, 9.17) is 20.4 Å². The van der Waals surface area contributed by atoms with Crippen LogP contribution < -0.4 is 15.8 Å². The van der Waals surface area contributed by atoms with E-state index in [-0.39, 0.29) is 0 Å². The molecule has 0 atom stereocenters. The van der Waals surface area contributed by atoms with Crippen LogP contribution in [0.5, 0.6) is 5.75 Å². The molecule has 7 nitrogen and oxygen atoms in total. The third-order valence-electron chi connectivity index (χ3n) is 4.44. The quantitative estimate of drug-likeness (QED) is 0.397. The van der Waals surface area contributed by atoms with Gasteiger partial charge in [-0.3, -0.25) is 9.98 Å². The van der Waals surface area contributed by atoms with E-state index in [1.807, 2.05) is 48.5 Å². The van der Waals surface area contributed by atoms with Gasteiger partial charge in [0, 0.05) is 53.5 Å². The largest absolute Gasteiger partial charge is 0.497 e. The Hall–Kier alpha value is -4.00. The highest BCUT2D eigenvalue weighted by atomic mass is 16.5. The number of hydrogen-bond acceptors (Lipinski definition) is 7. The molecule has 0 radical (unpaired) electrons. The minimum absolute atomic E-state index is 0.587. The molecule has 0 aliphatic rings. The lowest BCUT2D eigenvalue weighted by Gasteiger charge is -2.13. The highest BCUT2D eigenvalue weighted by Crippen LogP contribution is 2.30. The molecule has 0 aliphatic carbocycles. The Bertz CT molecular complexity index is 1190. The fourth-order valence-electron chi connectivity index (χ4n) is 2.99. The van der Waals surface area contributed by atoms with Gasteiger partial charge in [0.25, 0.3) is 0 Å². The predicted octanol–water partition coefficient (Wildman–Crippen LogP) is 4.07. The van der Waals surface area contributed by atoms with Gasteiger partial charge in [0.15, 0.2) is 5.82 Å². The van der Waals surface area contributed by atoms with Crippen LogP contribution in [0.4, 0.5) is 17.2 Å². The van der Waals surface area contributed by atoms with Crippen LogP contribution in [0, 0.1) is 0 Å². The monoisotopic (exact) mass is 384 g/mol. The molecule has 0 saturated carbocycles. The molecule has 0 spiro atoms. The molecule has 0 saturated heterocycles. The lowest BCUT2D eigenvalue weighted by atomic mass is 10.1. The van der Waals surface area contributed by atoms with E-state index < -0.39 is 0 Å². The van der Waals surface area contributed by atoms with Gasteiger partial charge in [0.2, 0.25) is 0 Å². The highest BCUT2D eigenvalue weighted by Gasteiger charge is 2.12. The summed E-state index contributed by atoms with van der Waals surface area (Å²) in [5.74, 6) is 1.98. The van der Waals surface area contributed by atoms with Crippen LogP contribution in [0.2, 0.25) is 0 Å². The number of nitrogens with one attached hydrogen (secondary N) is 1. The van der Waals surface area contributed by atoms with Crippen LogP contribution in [0.15, 0.2) is 65.9 Å². The van der Waals surface area contributed by atoms with Gasteiger partial charge in [-0.25, -0.2) is 9.97 Å². The van der Waals surface area contributed by atoms with Crippen LogP contribution in [-0.4, -0.2) is 35.3 Å². The zero-order chi connectivity index (χ0) is 20.2. The van der Waals surface area contributed by atoms with E-state index in [1.165, 1.54) is 0 Å². The van der Waals surface area contributed by atoms with Crippen molar-refractivity contribution in [2.75, 3.05) is 25.2 Å². The highest BCUT2D eigenvalue weighted by molar-refractivity contribution is 5.94. The van der Waals surface area contributed by atoms with Crippen molar-refractivity contribution < 1.29 is 4.74 Å². The summed E-state index contributed by atoms with van der Waals surface area (Å²) in [6.07, 6.45) is 5.19. The fraction of sp³-hybridized carbons (Fsp3) is 0.0909. The number of aliphatic imine (C=N–C) groups is 1. The molecule has 144 valence electrons. The van der Waals surface area contributed by atoms with Crippen molar-refractivity contribution in [3.05, 3.63) is 66.5 Å². The summed E-state index contributed by atoms with van der Waals surface area (Å²) >= 11 is 0. The second-order valence-corrected chi connectivity index (χ2v) is 6.38. The Morgan fingerprint density at radius 1 is 1.10 bits per heavy atom. The van der Waals surface area contributed by atoms with Crippen molar-refractivity contribution in [3.8, 4) is 17.1 Å². The SMILES string of the molecule is CN=Cc1cc(Nc2nc(-c3cccnc3)nc3ccc(OC)cc23)ccc1N. The number of pyridine rings is 1. The number of aromatic nitrogens is 3. The Kier molecular flexibility index (Phi) is 5.03. The van der Waals surface area contributed by atoms with Crippen LogP contribution in [0.1, 0.15) is 5.56 Å². The summed E-state index contributed by atoms with van der Waals surface area (Å²) in [5, 5.41) is 4.24. The third kappa shape index (κ3) is 3.84. The zero-order valence-corrected chi connectivity index (χ0v) is 16.1. The van der Waals surface area contributed by atoms with Crippen molar-refractivity contribution in [1.29, 1.82) is 0 Å². The summed E-state index contributed by atoms with van der Waals surface area (Å²) in [6.45, 7) is 0. The van der Waals surface area contributed by atoms with E-state index in [1.54, 1.807) is 32.8 Å². The van der Waals surface area contributed by atoms with Gasteiger partial charge in [0.05, 0.1) is 12.6 Å². The van der Waals surface area contributed by atoms with Crippen LogP contribution in [0.3, 0.4) is 0 Å². The molecule has 0 unspecified atom stereocenters. The number of hydrogen-bond donors (Lipinski definition) is 2.